The molecule has 6 heteroatoms. The van der Waals surface area contributed by atoms with Gasteiger partial charge in [-0.05, 0) is 47.2 Å². The van der Waals surface area contributed by atoms with Crippen molar-refractivity contribution >= 4 is 34.7 Å². The Labute approximate surface area is 113 Å². The van der Waals surface area contributed by atoms with Crippen LogP contribution in [0.3, 0.4) is 0 Å². The molecule has 5 nitrogen and oxygen atoms in total. The van der Waals surface area contributed by atoms with Crippen LogP contribution >= 0.6 is 22.6 Å². The summed E-state index contributed by atoms with van der Waals surface area (Å²) in [5.41, 5.74) is 3.04. The minimum Gasteiger partial charge on any atom is -0.504 e. The third kappa shape index (κ3) is 4.22. The molecular formula is C11H13IN2O3. The van der Waals surface area contributed by atoms with Crippen LogP contribution in [-0.2, 0) is 4.79 Å². The molecule has 0 atom stereocenters. The van der Waals surface area contributed by atoms with E-state index in [1.165, 1.54) is 13.1 Å². The Balaban J connectivity index is 2.93. The van der Waals surface area contributed by atoms with Gasteiger partial charge < -0.3 is 9.84 Å². The highest BCUT2D eigenvalue weighted by molar-refractivity contribution is 14.1. The summed E-state index contributed by atoms with van der Waals surface area (Å²) in [4.78, 5) is 10.6. The van der Waals surface area contributed by atoms with E-state index in [2.05, 4.69) is 10.5 Å². The van der Waals surface area contributed by atoms with Crippen LogP contribution in [0.5, 0.6) is 11.5 Å². The standard InChI is InChI=1S/C11H13IN2O3/c1-3-17-10-5-8(4-9(12)11(10)16)6-13-14-7(2)15/h4-6,16H,3H2,1-2H3,(H,14,15)/b13-6-. The highest BCUT2D eigenvalue weighted by atomic mass is 127. The minimum absolute atomic E-state index is 0.115. The molecule has 0 aliphatic heterocycles. The van der Waals surface area contributed by atoms with Crippen molar-refractivity contribution in [1.29, 1.82) is 0 Å². The number of carbonyl (C=O) groups excluding carboxylic acids is 1. The fourth-order valence-electron chi connectivity index (χ4n) is 1.13. The number of benzene rings is 1. The van der Waals surface area contributed by atoms with Gasteiger partial charge in [-0.25, -0.2) is 5.43 Å². The van der Waals surface area contributed by atoms with Crippen molar-refractivity contribution in [3.8, 4) is 11.5 Å². The first-order valence-corrected chi connectivity index (χ1v) is 6.07. The lowest BCUT2D eigenvalue weighted by molar-refractivity contribution is -0.118. The average Bonchev–Trinajstić information content (AvgIpc) is 2.25. The van der Waals surface area contributed by atoms with Gasteiger partial charge in [0.2, 0.25) is 5.91 Å². The number of halogens is 1. The highest BCUT2D eigenvalue weighted by Gasteiger charge is 2.07. The highest BCUT2D eigenvalue weighted by Crippen LogP contribution is 2.32. The Morgan fingerprint density at radius 3 is 2.94 bits per heavy atom. The van der Waals surface area contributed by atoms with Gasteiger partial charge in [0, 0.05) is 6.92 Å². The Bertz CT molecular complexity index is 447. The molecule has 1 aromatic rings. The number of hydrogen-bond acceptors (Lipinski definition) is 4. The maximum absolute atomic E-state index is 10.6. The zero-order valence-electron chi connectivity index (χ0n) is 9.53. The maximum atomic E-state index is 10.6. The molecule has 17 heavy (non-hydrogen) atoms. The number of carbonyl (C=O) groups is 1. The number of hydrazone groups is 1. The van der Waals surface area contributed by atoms with Gasteiger partial charge in [-0.2, -0.15) is 5.10 Å². The van der Waals surface area contributed by atoms with E-state index in [0.717, 1.165) is 5.56 Å². The number of phenolic OH excluding ortho intramolecular Hbond substituents is 1. The molecule has 0 heterocycles. The number of phenols is 1. The first-order chi connectivity index (χ1) is 8.04. The van der Waals surface area contributed by atoms with Gasteiger partial charge in [0.05, 0.1) is 16.4 Å². The molecular weight excluding hydrogens is 335 g/mol. The van der Waals surface area contributed by atoms with E-state index in [1.807, 2.05) is 29.5 Å². The molecule has 0 saturated carbocycles. The Morgan fingerprint density at radius 2 is 2.35 bits per heavy atom. The van der Waals surface area contributed by atoms with Crippen molar-refractivity contribution in [3.63, 3.8) is 0 Å². The van der Waals surface area contributed by atoms with E-state index in [0.29, 0.717) is 15.9 Å². The first-order valence-electron chi connectivity index (χ1n) is 4.99. The van der Waals surface area contributed by atoms with Crippen molar-refractivity contribution < 1.29 is 14.6 Å². The lowest BCUT2D eigenvalue weighted by atomic mass is 10.2. The van der Waals surface area contributed by atoms with Gasteiger partial charge in [-0.15, -0.1) is 0 Å². The van der Waals surface area contributed by atoms with Gasteiger partial charge in [0.25, 0.3) is 0 Å². The quantitative estimate of drug-likeness (QED) is 0.496. The molecule has 1 amide bonds. The topological polar surface area (TPSA) is 70.9 Å². The maximum Gasteiger partial charge on any atom is 0.236 e. The third-order valence-electron chi connectivity index (χ3n) is 1.79. The summed E-state index contributed by atoms with van der Waals surface area (Å²) in [5.74, 6) is 0.285. The number of ether oxygens (including phenoxy) is 1. The Hall–Kier alpha value is -1.31. The van der Waals surface area contributed by atoms with Gasteiger partial charge in [-0.1, -0.05) is 0 Å². The van der Waals surface area contributed by atoms with Gasteiger partial charge in [0.1, 0.15) is 0 Å². The van der Waals surface area contributed by atoms with Crippen molar-refractivity contribution in [3.05, 3.63) is 21.3 Å². The average molecular weight is 348 g/mol. The summed E-state index contributed by atoms with van der Waals surface area (Å²) in [6.07, 6.45) is 1.49. The van der Waals surface area contributed by atoms with Gasteiger partial charge in [-0.3, -0.25) is 4.79 Å². The van der Waals surface area contributed by atoms with E-state index in [1.54, 1.807) is 12.1 Å². The monoisotopic (exact) mass is 348 g/mol. The second kappa shape index (κ2) is 6.43. The molecule has 0 saturated heterocycles. The summed E-state index contributed by atoms with van der Waals surface area (Å²) in [7, 11) is 0. The van der Waals surface area contributed by atoms with Crippen LogP contribution in [0.25, 0.3) is 0 Å². The molecule has 0 fully saturated rings. The predicted molar refractivity (Wildman–Crippen MR) is 73.4 cm³/mol. The molecule has 1 rings (SSSR count). The second-order valence-corrected chi connectivity index (χ2v) is 4.37. The van der Waals surface area contributed by atoms with Crippen LogP contribution in [0.2, 0.25) is 0 Å². The fourth-order valence-corrected chi connectivity index (χ4v) is 1.76. The SMILES string of the molecule is CCOc1cc(/C=N\NC(C)=O)cc(I)c1O. The smallest absolute Gasteiger partial charge is 0.236 e. The van der Waals surface area contributed by atoms with Gasteiger partial charge in [0.15, 0.2) is 11.5 Å². The van der Waals surface area contributed by atoms with E-state index in [4.69, 9.17) is 4.74 Å². The largest absolute Gasteiger partial charge is 0.504 e. The van der Waals surface area contributed by atoms with E-state index in [-0.39, 0.29) is 11.7 Å². The predicted octanol–water partition coefficient (Wildman–Crippen LogP) is 1.87. The van der Waals surface area contributed by atoms with Crippen LogP contribution in [0.1, 0.15) is 19.4 Å². The molecule has 1 aromatic carbocycles. The van der Waals surface area contributed by atoms with E-state index >= 15 is 0 Å². The molecule has 0 bridgehead atoms. The van der Waals surface area contributed by atoms with Crippen LogP contribution in [0.4, 0.5) is 0 Å². The summed E-state index contributed by atoms with van der Waals surface area (Å²) < 4.78 is 5.95. The molecule has 0 unspecified atom stereocenters. The molecule has 2 N–H and O–H groups in total. The van der Waals surface area contributed by atoms with Crippen LogP contribution in [-0.4, -0.2) is 23.8 Å². The Kier molecular flexibility index (Phi) is 5.20. The number of nitrogens with zero attached hydrogens (tertiary/aromatic N) is 1. The summed E-state index contributed by atoms with van der Waals surface area (Å²) in [6.45, 7) is 3.68. The number of rotatable bonds is 4. The van der Waals surface area contributed by atoms with Crippen molar-refractivity contribution in [2.45, 2.75) is 13.8 Å². The van der Waals surface area contributed by atoms with Crippen molar-refractivity contribution in [2.24, 2.45) is 5.10 Å². The Morgan fingerprint density at radius 1 is 1.65 bits per heavy atom. The van der Waals surface area contributed by atoms with Crippen molar-refractivity contribution in [1.82, 2.24) is 5.43 Å². The third-order valence-corrected chi connectivity index (χ3v) is 2.61. The van der Waals surface area contributed by atoms with E-state index in [9.17, 15) is 9.90 Å². The summed E-state index contributed by atoms with van der Waals surface area (Å²) in [6, 6.07) is 3.40. The van der Waals surface area contributed by atoms with Crippen molar-refractivity contribution in [2.75, 3.05) is 6.61 Å². The molecule has 0 aromatic heterocycles. The number of hydrogen-bond donors (Lipinski definition) is 2. The zero-order chi connectivity index (χ0) is 12.8. The van der Waals surface area contributed by atoms with Gasteiger partial charge >= 0.3 is 0 Å². The number of aromatic hydroxyl groups is 1. The number of amides is 1. The summed E-state index contributed by atoms with van der Waals surface area (Å²) in [5, 5.41) is 13.5. The second-order valence-electron chi connectivity index (χ2n) is 3.21. The van der Waals surface area contributed by atoms with Crippen LogP contribution in [0.15, 0.2) is 17.2 Å². The fraction of sp³-hybridized carbons (Fsp3) is 0.273. The molecule has 0 radical (unpaired) electrons. The molecule has 92 valence electrons. The lowest BCUT2D eigenvalue weighted by Gasteiger charge is -2.08. The van der Waals surface area contributed by atoms with Crippen LogP contribution in [0, 0.1) is 3.57 Å². The molecule has 0 aliphatic rings. The van der Waals surface area contributed by atoms with Crippen LogP contribution < -0.4 is 10.2 Å². The normalized spacial score (nSPS) is 10.5. The molecule has 0 aliphatic carbocycles. The first kappa shape index (κ1) is 13.8. The lowest BCUT2D eigenvalue weighted by Crippen LogP contribution is -2.12. The van der Waals surface area contributed by atoms with E-state index < -0.39 is 0 Å². The number of nitrogens with one attached hydrogen (secondary N) is 1. The summed E-state index contributed by atoms with van der Waals surface area (Å²) >= 11 is 2.00. The zero-order valence-corrected chi connectivity index (χ0v) is 11.7. The minimum atomic E-state index is -0.236. The molecule has 0 spiro atoms.